The number of benzene rings is 1. The molecule has 0 aromatic heterocycles. The van der Waals surface area contributed by atoms with Crippen molar-refractivity contribution in [1.29, 1.82) is 0 Å². The normalized spacial score (nSPS) is 12.0. The maximum Gasteiger partial charge on any atom is 0.339 e. The molecular formula is C11H10F2O5. The summed E-state index contributed by atoms with van der Waals surface area (Å²) in [5.41, 5.74) is -1.35. The van der Waals surface area contributed by atoms with Crippen LogP contribution in [0.25, 0.3) is 0 Å². The van der Waals surface area contributed by atoms with Crippen molar-refractivity contribution in [3.05, 3.63) is 34.9 Å². The summed E-state index contributed by atoms with van der Waals surface area (Å²) in [6.07, 6.45) is -1.86. The van der Waals surface area contributed by atoms with Gasteiger partial charge in [-0.1, -0.05) is 0 Å². The highest BCUT2D eigenvalue weighted by Crippen LogP contribution is 2.21. The van der Waals surface area contributed by atoms with Crippen molar-refractivity contribution in [2.24, 2.45) is 0 Å². The second kappa shape index (κ2) is 5.54. The summed E-state index contributed by atoms with van der Waals surface area (Å²) in [4.78, 5) is 21.8. The number of halogens is 2. The number of esters is 1. The topological polar surface area (TPSA) is 83.8 Å². The number of hydrogen-bond acceptors (Lipinski definition) is 4. The maximum absolute atomic E-state index is 13.1. The first kappa shape index (κ1) is 14.0. The van der Waals surface area contributed by atoms with Crippen LogP contribution >= 0.6 is 0 Å². The van der Waals surface area contributed by atoms with Gasteiger partial charge in [-0.25, -0.2) is 18.4 Å². The standard InChI is InChI=1S/C11H10F2O5/c1-2-18-11(17)9(14)5-3-6(10(15)16)8(13)7(12)4-5/h3-4,9,14H,2H2,1H3,(H,15,16). The Bertz CT molecular complexity index is 487. The average Bonchev–Trinajstić information content (AvgIpc) is 2.31. The first-order valence-electron chi connectivity index (χ1n) is 4.95. The van der Waals surface area contributed by atoms with Gasteiger partial charge in [0.05, 0.1) is 12.2 Å². The van der Waals surface area contributed by atoms with Crippen molar-refractivity contribution in [2.75, 3.05) is 6.61 Å². The fraction of sp³-hybridized carbons (Fsp3) is 0.273. The fourth-order valence-electron chi connectivity index (χ4n) is 1.28. The van der Waals surface area contributed by atoms with Gasteiger partial charge >= 0.3 is 11.9 Å². The maximum atomic E-state index is 13.1. The molecule has 18 heavy (non-hydrogen) atoms. The van der Waals surface area contributed by atoms with Crippen LogP contribution < -0.4 is 0 Å². The molecule has 1 atom stereocenters. The summed E-state index contributed by atoms with van der Waals surface area (Å²) in [7, 11) is 0. The molecule has 0 saturated heterocycles. The minimum absolute atomic E-state index is 0.00857. The van der Waals surface area contributed by atoms with Gasteiger partial charge in [0.2, 0.25) is 0 Å². The van der Waals surface area contributed by atoms with E-state index in [1.807, 2.05) is 0 Å². The van der Waals surface area contributed by atoms with Crippen molar-refractivity contribution >= 4 is 11.9 Å². The molecule has 0 saturated carbocycles. The van der Waals surface area contributed by atoms with E-state index in [2.05, 4.69) is 4.74 Å². The molecule has 1 aromatic rings. The molecule has 0 fully saturated rings. The van der Waals surface area contributed by atoms with E-state index in [9.17, 15) is 23.5 Å². The lowest BCUT2D eigenvalue weighted by Crippen LogP contribution is -2.17. The van der Waals surface area contributed by atoms with E-state index in [0.29, 0.717) is 12.1 Å². The molecule has 0 heterocycles. The predicted molar refractivity (Wildman–Crippen MR) is 54.9 cm³/mol. The summed E-state index contributed by atoms with van der Waals surface area (Å²) < 4.78 is 30.7. The van der Waals surface area contributed by atoms with Gasteiger partial charge in [0.15, 0.2) is 17.7 Å². The van der Waals surface area contributed by atoms with Crippen LogP contribution in [0.3, 0.4) is 0 Å². The monoisotopic (exact) mass is 260 g/mol. The lowest BCUT2D eigenvalue weighted by atomic mass is 10.0. The molecule has 1 unspecified atom stereocenters. The Kier molecular flexibility index (Phi) is 4.33. The van der Waals surface area contributed by atoms with Gasteiger partial charge in [0, 0.05) is 0 Å². The van der Waals surface area contributed by atoms with Crippen LogP contribution in [0.4, 0.5) is 8.78 Å². The van der Waals surface area contributed by atoms with Crippen LogP contribution in [0, 0.1) is 11.6 Å². The Morgan fingerprint density at radius 1 is 1.39 bits per heavy atom. The van der Waals surface area contributed by atoms with Gasteiger partial charge in [-0.3, -0.25) is 0 Å². The fourth-order valence-corrected chi connectivity index (χ4v) is 1.28. The largest absolute Gasteiger partial charge is 0.478 e. The van der Waals surface area contributed by atoms with Gasteiger partial charge < -0.3 is 14.9 Å². The minimum atomic E-state index is -1.86. The SMILES string of the molecule is CCOC(=O)C(O)c1cc(F)c(F)c(C(=O)O)c1. The van der Waals surface area contributed by atoms with Crippen LogP contribution in [0.15, 0.2) is 12.1 Å². The summed E-state index contributed by atoms with van der Waals surface area (Å²) in [6.45, 7) is 1.49. The predicted octanol–water partition coefficient (Wildman–Crippen LogP) is 1.26. The second-order valence-corrected chi connectivity index (χ2v) is 3.32. The molecule has 2 N–H and O–H groups in total. The van der Waals surface area contributed by atoms with Crippen molar-refractivity contribution < 1.29 is 33.3 Å². The average molecular weight is 260 g/mol. The summed E-state index contributed by atoms with van der Waals surface area (Å²) in [6, 6.07) is 1.23. The van der Waals surface area contributed by atoms with Crippen LogP contribution in [0.2, 0.25) is 0 Å². The lowest BCUT2D eigenvalue weighted by Gasteiger charge is -2.11. The number of carboxylic acids is 1. The van der Waals surface area contributed by atoms with Crippen LogP contribution in [0.1, 0.15) is 28.9 Å². The highest BCUT2D eigenvalue weighted by atomic mass is 19.2. The van der Waals surface area contributed by atoms with Crippen molar-refractivity contribution in [3.63, 3.8) is 0 Å². The molecule has 0 bridgehead atoms. The van der Waals surface area contributed by atoms with Crippen molar-refractivity contribution in [1.82, 2.24) is 0 Å². The van der Waals surface area contributed by atoms with Crippen LogP contribution in [0.5, 0.6) is 0 Å². The van der Waals surface area contributed by atoms with E-state index >= 15 is 0 Å². The molecule has 0 aliphatic heterocycles. The molecule has 0 amide bonds. The third-order valence-electron chi connectivity index (χ3n) is 2.11. The molecule has 5 nitrogen and oxygen atoms in total. The molecule has 0 aliphatic rings. The number of aliphatic hydroxyl groups is 1. The zero-order chi connectivity index (χ0) is 13.9. The number of carbonyl (C=O) groups excluding carboxylic acids is 1. The highest BCUT2D eigenvalue weighted by Gasteiger charge is 2.24. The van der Waals surface area contributed by atoms with E-state index in [4.69, 9.17) is 5.11 Å². The molecule has 0 spiro atoms. The number of aliphatic hydroxyl groups excluding tert-OH is 1. The first-order chi connectivity index (χ1) is 8.38. The molecule has 1 rings (SSSR count). The van der Waals surface area contributed by atoms with Gasteiger partial charge in [-0.2, -0.15) is 0 Å². The summed E-state index contributed by atoms with van der Waals surface area (Å²) >= 11 is 0. The summed E-state index contributed by atoms with van der Waals surface area (Å²) in [5.74, 6) is -5.79. The Morgan fingerprint density at radius 3 is 2.50 bits per heavy atom. The lowest BCUT2D eigenvalue weighted by molar-refractivity contribution is -0.153. The number of hydrogen-bond donors (Lipinski definition) is 2. The van der Waals surface area contributed by atoms with Crippen LogP contribution in [-0.2, 0) is 9.53 Å². The number of aromatic carboxylic acids is 1. The van der Waals surface area contributed by atoms with E-state index in [1.165, 1.54) is 6.92 Å². The van der Waals surface area contributed by atoms with Crippen molar-refractivity contribution in [2.45, 2.75) is 13.0 Å². The second-order valence-electron chi connectivity index (χ2n) is 3.32. The van der Waals surface area contributed by atoms with Gasteiger partial charge in [-0.05, 0) is 24.6 Å². The quantitative estimate of drug-likeness (QED) is 0.796. The molecule has 0 aliphatic carbocycles. The van der Waals surface area contributed by atoms with E-state index in [1.54, 1.807) is 0 Å². The number of carbonyl (C=O) groups is 2. The Morgan fingerprint density at radius 2 is 2.00 bits per heavy atom. The number of rotatable bonds is 4. The van der Waals surface area contributed by atoms with Gasteiger partial charge in [-0.15, -0.1) is 0 Å². The number of ether oxygens (including phenoxy) is 1. The zero-order valence-corrected chi connectivity index (χ0v) is 9.31. The van der Waals surface area contributed by atoms with Gasteiger partial charge in [0.25, 0.3) is 0 Å². The van der Waals surface area contributed by atoms with Crippen molar-refractivity contribution in [3.8, 4) is 0 Å². The first-order valence-corrected chi connectivity index (χ1v) is 4.95. The van der Waals surface area contributed by atoms with E-state index in [0.717, 1.165) is 0 Å². The zero-order valence-electron chi connectivity index (χ0n) is 9.31. The van der Waals surface area contributed by atoms with Crippen LogP contribution in [-0.4, -0.2) is 28.8 Å². The Labute approximate surface area is 101 Å². The molecule has 0 radical (unpaired) electrons. The molecule has 1 aromatic carbocycles. The summed E-state index contributed by atoms with van der Waals surface area (Å²) in [5, 5.41) is 18.1. The van der Waals surface area contributed by atoms with Gasteiger partial charge in [0.1, 0.15) is 0 Å². The Hall–Kier alpha value is -2.02. The van der Waals surface area contributed by atoms with E-state index in [-0.39, 0.29) is 12.2 Å². The minimum Gasteiger partial charge on any atom is -0.478 e. The Balaban J connectivity index is 3.18. The molecule has 98 valence electrons. The molecule has 7 heteroatoms. The third-order valence-corrected chi connectivity index (χ3v) is 2.11. The number of carboxylic acid groups (broad SMARTS) is 1. The van der Waals surface area contributed by atoms with E-state index < -0.39 is 35.2 Å². The molecular weight excluding hydrogens is 250 g/mol. The smallest absolute Gasteiger partial charge is 0.339 e. The highest BCUT2D eigenvalue weighted by molar-refractivity contribution is 5.88. The third kappa shape index (κ3) is 2.80.